The second kappa shape index (κ2) is 6.97. The fourth-order valence-electron chi connectivity index (χ4n) is 2.54. The Balaban J connectivity index is 4.90. The van der Waals surface area contributed by atoms with Crippen molar-refractivity contribution in [2.45, 2.75) is 53.1 Å². The molecule has 0 aliphatic heterocycles. The van der Waals surface area contributed by atoms with E-state index in [1.807, 2.05) is 6.92 Å². The molecule has 0 aromatic heterocycles. The highest BCUT2D eigenvalue weighted by Crippen LogP contribution is 2.26. The summed E-state index contributed by atoms with van der Waals surface area (Å²) in [6, 6.07) is 0.256. The standard InChI is InChI=1S/C13H29N3O/c1-7-8-16(9-11(17)15-6)12(10(2)14)13(3,4)5/h10,12H,7-9,14H2,1-6H3,(H,15,17). The van der Waals surface area contributed by atoms with Crippen LogP contribution in [0.1, 0.15) is 41.0 Å². The van der Waals surface area contributed by atoms with Gasteiger partial charge in [-0.05, 0) is 25.3 Å². The van der Waals surface area contributed by atoms with Crippen LogP contribution in [0.15, 0.2) is 0 Å². The van der Waals surface area contributed by atoms with Gasteiger partial charge in [0, 0.05) is 19.1 Å². The molecular weight excluding hydrogens is 214 g/mol. The predicted molar refractivity (Wildman–Crippen MR) is 72.8 cm³/mol. The van der Waals surface area contributed by atoms with E-state index in [0.29, 0.717) is 6.54 Å². The number of nitrogens with two attached hydrogens (primary N) is 1. The lowest BCUT2D eigenvalue weighted by Crippen LogP contribution is -2.55. The maximum Gasteiger partial charge on any atom is 0.233 e. The summed E-state index contributed by atoms with van der Waals surface area (Å²) in [5.74, 6) is 0.0494. The predicted octanol–water partition coefficient (Wildman–Crippen LogP) is 1.21. The minimum Gasteiger partial charge on any atom is -0.358 e. The van der Waals surface area contributed by atoms with Crippen LogP contribution in [0.4, 0.5) is 0 Å². The number of hydrogen-bond donors (Lipinski definition) is 2. The lowest BCUT2D eigenvalue weighted by Gasteiger charge is -2.42. The van der Waals surface area contributed by atoms with Crippen LogP contribution in [-0.4, -0.2) is 43.0 Å². The van der Waals surface area contributed by atoms with Gasteiger partial charge in [-0.15, -0.1) is 0 Å². The minimum absolute atomic E-state index is 0.0474. The lowest BCUT2D eigenvalue weighted by atomic mass is 9.81. The SMILES string of the molecule is CCCN(CC(=O)NC)C(C(C)N)C(C)(C)C. The third-order valence-electron chi connectivity index (χ3n) is 2.92. The van der Waals surface area contributed by atoms with Crippen molar-refractivity contribution in [1.82, 2.24) is 10.2 Å². The zero-order valence-electron chi connectivity index (χ0n) is 12.2. The molecule has 17 heavy (non-hydrogen) atoms. The molecule has 0 aromatic rings. The molecule has 0 aromatic carbocycles. The van der Waals surface area contributed by atoms with Gasteiger partial charge in [-0.1, -0.05) is 27.7 Å². The summed E-state index contributed by atoms with van der Waals surface area (Å²) in [6.07, 6.45) is 1.02. The van der Waals surface area contributed by atoms with Gasteiger partial charge in [0.1, 0.15) is 0 Å². The highest BCUT2D eigenvalue weighted by molar-refractivity contribution is 5.77. The zero-order valence-corrected chi connectivity index (χ0v) is 12.2. The van der Waals surface area contributed by atoms with Crippen LogP contribution in [0.25, 0.3) is 0 Å². The van der Waals surface area contributed by atoms with Crippen molar-refractivity contribution in [3.8, 4) is 0 Å². The van der Waals surface area contributed by atoms with Crippen LogP contribution in [0.5, 0.6) is 0 Å². The number of carbonyl (C=O) groups excluding carboxylic acids is 1. The molecule has 4 nitrogen and oxygen atoms in total. The topological polar surface area (TPSA) is 58.4 Å². The minimum atomic E-state index is 0.0474. The van der Waals surface area contributed by atoms with E-state index < -0.39 is 0 Å². The first-order chi connectivity index (χ1) is 7.73. The van der Waals surface area contributed by atoms with Crippen molar-refractivity contribution < 1.29 is 4.79 Å². The first-order valence-electron chi connectivity index (χ1n) is 6.44. The summed E-state index contributed by atoms with van der Waals surface area (Å²) in [4.78, 5) is 13.8. The summed E-state index contributed by atoms with van der Waals surface area (Å²) in [7, 11) is 1.67. The Morgan fingerprint density at radius 1 is 1.41 bits per heavy atom. The Labute approximate surface area is 106 Å². The van der Waals surface area contributed by atoms with Crippen molar-refractivity contribution in [3.05, 3.63) is 0 Å². The molecule has 1 amide bonds. The number of nitrogens with one attached hydrogen (secondary N) is 1. The van der Waals surface area contributed by atoms with Crippen LogP contribution in [0.3, 0.4) is 0 Å². The zero-order chi connectivity index (χ0) is 13.6. The first kappa shape index (κ1) is 16.4. The lowest BCUT2D eigenvalue weighted by molar-refractivity contribution is -0.123. The van der Waals surface area contributed by atoms with Gasteiger partial charge >= 0.3 is 0 Å². The van der Waals surface area contributed by atoms with E-state index >= 15 is 0 Å². The first-order valence-corrected chi connectivity index (χ1v) is 6.44. The summed E-state index contributed by atoms with van der Waals surface area (Å²) < 4.78 is 0. The van der Waals surface area contributed by atoms with Gasteiger partial charge in [0.25, 0.3) is 0 Å². The van der Waals surface area contributed by atoms with Crippen LogP contribution in [0.2, 0.25) is 0 Å². The number of nitrogens with zero attached hydrogens (tertiary/aromatic N) is 1. The molecular formula is C13H29N3O. The molecule has 0 radical (unpaired) electrons. The van der Waals surface area contributed by atoms with Gasteiger partial charge < -0.3 is 11.1 Å². The van der Waals surface area contributed by atoms with Gasteiger partial charge in [-0.3, -0.25) is 9.69 Å². The molecule has 0 saturated heterocycles. The van der Waals surface area contributed by atoms with E-state index in [0.717, 1.165) is 13.0 Å². The molecule has 2 atom stereocenters. The molecule has 2 unspecified atom stereocenters. The Bertz CT molecular complexity index is 233. The second-order valence-electron chi connectivity index (χ2n) is 5.81. The average molecular weight is 243 g/mol. The third-order valence-corrected chi connectivity index (χ3v) is 2.92. The summed E-state index contributed by atoms with van der Waals surface area (Å²) in [5, 5.41) is 2.68. The van der Waals surface area contributed by atoms with Crippen LogP contribution in [-0.2, 0) is 4.79 Å². The average Bonchev–Trinajstić information content (AvgIpc) is 2.14. The number of likely N-dealkylation sites (N-methyl/N-ethyl adjacent to an activating group) is 1. The van der Waals surface area contributed by atoms with Gasteiger partial charge in [-0.25, -0.2) is 0 Å². The fraction of sp³-hybridized carbons (Fsp3) is 0.923. The normalized spacial score (nSPS) is 15.8. The van der Waals surface area contributed by atoms with Gasteiger partial charge in [0.05, 0.1) is 6.54 Å². The second-order valence-corrected chi connectivity index (χ2v) is 5.81. The van der Waals surface area contributed by atoms with Crippen LogP contribution >= 0.6 is 0 Å². The van der Waals surface area contributed by atoms with Crippen molar-refractivity contribution in [1.29, 1.82) is 0 Å². The van der Waals surface area contributed by atoms with Crippen LogP contribution in [0, 0.1) is 5.41 Å². The molecule has 102 valence electrons. The molecule has 0 spiro atoms. The van der Waals surface area contributed by atoms with Gasteiger partial charge in [-0.2, -0.15) is 0 Å². The number of hydrogen-bond acceptors (Lipinski definition) is 3. The maximum atomic E-state index is 11.6. The molecule has 0 rings (SSSR count). The van der Waals surface area contributed by atoms with Crippen molar-refractivity contribution in [2.24, 2.45) is 11.1 Å². The summed E-state index contributed by atoms with van der Waals surface area (Å²) in [5.41, 5.74) is 6.16. The molecule has 3 N–H and O–H groups in total. The molecule has 0 fully saturated rings. The molecule has 0 heterocycles. The monoisotopic (exact) mass is 243 g/mol. The van der Waals surface area contributed by atoms with E-state index in [9.17, 15) is 4.79 Å². The molecule has 0 saturated carbocycles. The van der Waals surface area contributed by atoms with Crippen molar-refractivity contribution in [2.75, 3.05) is 20.1 Å². The van der Waals surface area contributed by atoms with E-state index in [-0.39, 0.29) is 23.4 Å². The Kier molecular flexibility index (Phi) is 6.72. The Morgan fingerprint density at radius 2 is 1.94 bits per heavy atom. The van der Waals surface area contributed by atoms with Crippen molar-refractivity contribution in [3.63, 3.8) is 0 Å². The van der Waals surface area contributed by atoms with E-state index in [1.54, 1.807) is 7.05 Å². The maximum absolute atomic E-state index is 11.6. The molecule has 0 bridgehead atoms. The quantitative estimate of drug-likeness (QED) is 0.737. The van der Waals surface area contributed by atoms with E-state index in [4.69, 9.17) is 5.73 Å². The molecule has 0 aliphatic carbocycles. The molecule has 4 heteroatoms. The Hall–Kier alpha value is -0.610. The van der Waals surface area contributed by atoms with Crippen LogP contribution < -0.4 is 11.1 Å². The number of rotatable bonds is 6. The van der Waals surface area contributed by atoms with E-state index in [2.05, 4.69) is 37.9 Å². The smallest absolute Gasteiger partial charge is 0.233 e. The highest BCUT2D eigenvalue weighted by Gasteiger charge is 2.33. The molecule has 0 aliphatic rings. The largest absolute Gasteiger partial charge is 0.358 e. The fourth-order valence-corrected chi connectivity index (χ4v) is 2.54. The van der Waals surface area contributed by atoms with Crippen molar-refractivity contribution >= 4 is 5.91 Å². The Morgan fingerprint density at radius 3 is 2.24 bits per heavy atom. The summed E-state index contributed by atoms with van der Waals surface area (Å²) in [6.45, 7) is 12.0. The number of carbonyl (C=O) groups is 1. The highest BCUT2D eigenvalue weighted by atomic mass is 16.1. The van der Waals surface area contributed by atoms with E-state index in [1.165, 1.54) is 0 Å². The summed E-state index contributed by atoms with van der Waals surface area (Å²) >= 11 is 0. The van der Waals surface area contributed by atoms with Gasteiger partial charge in [0.15, 0.2) is 0 Å². The number of amides is 1. The third kappa shape index (κ3) is 5.50. The van der Waals surface area contributed by atoms with Gasteiger partial charge in [0.2, 0.25) is 5.91 Å².